The summed E-state index contributed by atoms with van der Waals surface area (Å²) in [6, 6.07) is 1.78. The van der Waals surface area contributed by atoms with E-state index in [1.807, 2.05) is 0 Å². The van der Waals surface area contributed by atoms with Gasteiger partial charge in [0.25, 0.3) is 0 Å². The third kappa shape index (κ3) is 4.68. The number of carbonyl (C=O) groups excluding carboxylic acids is 2. The second-order valence-corrected chi connectivity index (χ2v) is 5.16. The molecule has 0 radical (unpaired) electrons. The van der Waals surface area contributed by atoms with E-state index >= 15 is 0 Å². The van der Waals surface area contributed by atoms with Crippen LogP contribution in [0.15, 0.2) is 18.5 Å². The minimum absolute atomic E-state index is 0.0119. The molecule has 1 aromatic rings. The summed E-state index contributed by atoms with van der Waals surface area (Å²) < 4.78 is 4.82. The van der Waals surface area contributed by atoms with Crippen LogP contribution in [0.25, 0.3) is 0 Å². The fourth-order valence-corrected chi connectivity index (χ4v) is 2.46. The van der Waals surface area contributed by atoms with Crippen LogP contribution in [0.5, 0.6) is 0 Å². The van der Waals surface area contributed by atoms with Crippen LogP contribution in [0.1, 0.15) is 26.2 Å². The molecule has 1 saturated heterocycles. The predicted octanol–water partition coefficient (Wildman–Crippen LogP) is 0.762. The van der Waals surface area contributed by atoms with Crippen LogP contribution in [-0.2, 0) is 14.3 Å². The van der Waals surface area contributed by atoms with Crippen LogP contribution in [0.3, 0.4) is 0 Å². The maximum absolute atomic E-state index is 12.1. The SMILES string of the molecule is CCOC(=O)CCNC(=O)C1CCN(c2ncccn2)CC1. The van der Waals surface area contributed by atoms with Crippen molar-refractivity contribution in [2.45, 2.75) is 26.2 Å². The molecule has 1 fully saturated rings. The average Bonchev–Trinajstić information content (AvgIpc) is 2.56. The van der Waals surface area contributed by atoms with Gasteiger partial charge >= 0.3 is 5.97 Å². The molecule has 2 heterocycles. The van der Waals surface area contributed by atoms with Gasteiger partial charge in [-0.2, -0.15) is 0 Å². The van der Waals surface area contributed by atoms with E-state index in [0.717, 1.165) is 25.9 Å². The van der Waals surface area contributed by atoms with E-state index in [-0.39, 0.29) is 24.2 Å². The lowest BCUT2D eigenvalue weighted by molar-refractivity contribution is -0.143. The molecular formula is C15H22N4O3. The zero-order valence-corrected chi connectivity index (χ0v) is 12.8. The van der Waals surface area contributed by atoms with E-state index in [1.54, 1.807) is 25.4 Å². The third-order valence-corrected chi connectivity index (χ3v) is 3.63. The predicted molar refractivity (Wildman–Crippen MR) is 81.2 cm³/mol. The van der Waals surface area contributed by atoms with Gasteiger partial charge in [0.2, 0.25) is 11.9 Å². The number of hydrogen-bond donors (Lipinski definition) is 1. The van der Waals surface area contributed by atoms with Crippen molar-refractivity contribution < 1.29 is 14.3 Å². The van der Waals surface area contributed by atoms with E-state index < -0.39 is 0 Å². The molecule has 7 nitrogen and oxygen atoms in total. The Morgan fingerprint density at radius 1 is 1.32 bits per heavy atom. The van der Waals surface area contributed by atoms with Crippen molar-refractivity contribution in [2.24, 2.45) is 5.92 Å². The average molecular weight is 306 g/mol. The maximum Gasteiger partial charge on any atom is 0.307 e. The number of piperidine rings is 1. The summed E-state index contributed by atoms with van der Waals surface area (Å²) in [5.74, 6) is 0.433. The summed E-state index contributed by atoms with van der Waals surface area (Å²) in [5, 5.41) is 2.81. The van der Waals surface area contributed by atoms with Gasteiger partial charge < -0.3 is 15.0 Å². The minimum atomic E-state index is -0.279. The van der Waals surface area contributed by atoms with E-state index in [2.05, 4.69) is 20.2 Å². The molecule has 0 aromatic carbocycles. The summed E-state index contributed by atoms with van der Waals surface area (Å²) in [7, 11) is 0. The first-order valence-electron chi connectivity index (χ1n) is 7.66. The van der Waals surface area contributed by atoms with Crippen molar-refractivity contribution >= 4 is 17.8 Å². The summed E-state index contributed by atoms with van der Waals surface area (Å²) in [6.45, 7) is 3.99. The quantitative estimate of drug-likeness (QED) is 0.781. The molecule has 1 aliphatic rings. The second-order valence-electron chi connectivity index (χ2n) is 5.16. The lowest BCUT2D eigenvalue weighted by atomic mass is 9.96. The highest BCUT2D eigenvalue weighted by molar-refractivity contribution is 5.79. The van der Waals surface area contributed by atoms with Crippen molar-refractivity contribution in [2.75, 3.05) is 31.1 Å². The zero-order chi connectivity index (χ0) is 15.8. The van der Waals surface area contributed by atoms with Crippen LogP contribution in [0.2, 0.25) is 0 Å². The van der Waals surface area contributed by atoms with Gasteiger partial charge in [0, 0.05) is 37.9 Å². The molecule has 7 heteroatoms. The minimum Gasteiger partial charge on any atom is -0.466 e. The van der Waals surface area contributed by atoms with Gasteiger partial charge in [0.05, 0.1) is 13.0 Å². The smallest absolute Gasteiger partial charge is 0.307 e. The molecule has 0 aliphatic carbocycles. The Kier molecular flexibility index (Phi) is 6.12. The van der Waals surface area contributed by atoms with Gasteiger partial charge in [-0.25, -0.2) is 9.97 Å². The van der Waals surface area contributed by atoms with Crippen LogP contribution < -0.4 is 10.2 Å². The molecule has 0 atom stereocenters. The Balaban J connectivity index is 1.70. The molecule has 2 rings (SSSR count). The number of rotatable bonds is 6. The van der Waals surface area contributed by atoms with Gasteiger partial charge in [0.15, 0.2) is 0 Å². The van der Waals surface area contributed by atoms with Gasteiger partial charge in [-0.1, -0.05) is 0 Å². The van der Waals surface area contributed by atoms with Gasteiger partial charge in [-0.3, -0.25) is 9.59 Å². The highest BCUT2D eigenvalue weighted by Gasteiger charge is 2.25. The normalized spacial score (nSPS) is 15.4. The lowest BCUT2D eigenvalue weighted by Gasteiger charge is -2.31. The fraction of sp³-hybridized carbons (Fsp3) is 0.600. The topological polar surface area (TPSA) is 84.4 Å². The number of carbonyl (C=O) groups is 2. The first kappa shape index (κ1) is 16.2. The number of hydrogen-bond acceptors (Lipinski definition) is 6. The van der Waals surface area contributed by atoms with Crippen LogP contribution in [0.4, 0.5) is 5.95 Å². The number of esters is 1. The highest BCUT2D eigenvalue weighted by atomic mass is 16.5. The fourth-order valence-electron chi connectivity index (χ4n) is 2.46. The molecule has 0 saturated carbocycles. The second kappa shape index (κ2) is 8.31. The van der Waals surface area contributed by atoms with Crippen molar-refractivity contribution in [3.63, 3.8) is 0 Å². The molecule has 1 aromatic heterocycles. The molecule has 0 unspecified atom stereocenters. The molecular weight excluding hydrogens is 284 g/mol. The van der Waals surface area contributed by atoms with Gasteiger partial charge in [-0.15, -0.1) is 0 Å². The van der Waals surface area contributed by atoms with Crippen molar-refractivity contribution in [1.82, 2.24) is 15.3 Å². The maximum atomic E-state index is 12.1. The number of ether oxygens (including phenoxy) is 1. The molecule has 1 amide bonds. The van der Waals surface area contributed by atoms with E-state index in [4.69, 9.17) is 4.74 Å². The molecule has 0 spiro atoms. The molecule has 120 valence electrons. The molecule has 1 aliphatic heterocycles. The number of nitrogens with one attached hydrogen (secondary N) is 1. The Bertz CT molecular complexity index is 487. The van der Waals surface area contributed by atoms with Crippen LogP contribution in [-0.4, -0.2) is 48.1 Å². The van der Waals surface area contributed by atoms with Crippen LogP contribution >= 0.6 is 0 Å². The molecule has 1 N–H and O–H groups in total. The standard InChI is InChI=1S/C15H22N4O3/c1-2-22-13(20)4-9-16-14(21)12-5-10-19(11-6-12)15-17-7-3-8-18-15/h3,7-8,12H,2,4-6,9-11H2,1H3,(H,16,21). The Morgan fingerprint density at radius 2 is 2.00 bits per heavy atom. The molecule has 0 bridgehead atoms. The summed E-state index contributed by atoms with van der Waals surface area (Å²) >= 11 is 0. The zero-order valence-electron chi connectivity index (χ0n) is 12.8. The third-order valence-electron chi connectivity index (χ3n) is 3.63. The number of nitrogens with zero attached hydrogens (tertiary/aromatic N) is 3. The Labute approximate surface area is 130 Å². The van der Waals surface area contributed by atoms with Crippen LogP contribution in [0, 0.1) is 5.92 Å². The van der Waals surface area contributed by atoms with Gasteiger partial charge in [-0.05, 0) is 25.8 Å². The number of anilines is 1. The monoisotopic (exact) mass is 306 g/mol. The van der Waals surface area contributed by atoms with E-state index in [1.165, 1.54) is 0 Å². The van der Waals surface area contributed by atoms with E-state index in [9.17, 15) is 9.59 Å². The highest BCUT2D eigenvalue weighted by Crippen LogP contribution is 2.20. The lowest BCUT2D eigenvalue weighted by Crippen LogP contribution is -2.41. The number of amides is 1. The first-order valence-corrected chi connectivity index (χ1v) is 7.66. The first-order chi connectivity index (χ1) is 10.7. The summed E-state index contributed by atoms with van der Waals surface area (Å²) in [4.78, 5) is 33.8. The Morgan fingerprint density at radius 3 is 2.64 bits per heavy atom. The van der Waals surface area contributed by atoms with Crippen molar-refractivity contribution in [3.8, 4) is 0 Å². The van der Waals surface area contributed by atoms with Crippen molar-refractivity contribution in [1.29, 1.82) is 0 Å². The summed E-state index contributed by atoms with van der Waals surface area (Å²) in [6.07, 6.45) is 5.19. The van der Waals surface area contributed by atoms with E-state index in [0.29, 0.717) is 19.1 Å². The van der Waals surface area contributed by atoms with Crippen molar-refractivity contribution in [3.05, 3.63) is 18.5 Å². The Hall–Kier alpha value is -2.18. The summed E-state index contributed by atoms with van der Waals surface area (Å²) in [5.41, 5.74) is 0. The van der Waals surface area contributed by atoms with Gasteiger partial charge in [0.1, 0.15) is 0 Å². The number of aromatic nitrogens is 2. The molecule has 22 heavy (non-hydrogen) atoms. The largest absolute Gasteiger partial charge is 0.466 e.